The molecular weight excluding hydrogens is 687 g/mol. The normalized spacial score (nSPS) is 14.7. The first-order valence-corrected chi connectivity index (χ1v) is 20.4. The van der Waals surface area contributed by atoms with Gasteiger partial charge >= 0.3 is 0 Å². The van der Waals surface area contributed by atoms with Crippen molar-refractivity contribution in [3.8, 4) is 44.5 Å². The second-order valence-electron chi connectivity index (χ2n) is 17.7. The molecule has 11 rings (SSSR count). The van der Waals surface area contributed by atoms with Crippen LogP contribution in [0.4, 0.5) is 17.1 Å². The second kappa shape index (κ2) is 12.0. The van der Waals surface area contributed by atoms with Gasteiger partial charge < -0.3 is 4.90 Å². The molecule has 0 saturated carbocycles. The van der Waals surface area contributed by atoms with Gasteiger partial charge in [0, 0.05) is 22.4 Å². The van der Waals surface area contributed by atoms with Gasteiger partial charge in [0.1, 0.15) is 0 Å². The number of fused-ring (bicyclic) bond motifs is 13. The Balaban J connectivity index is 1.25. The van der Waals surface area contributed by atoms with E-state index in [4.69, 9.17) is 0 Å². The molecule has 0 saturated heterocycles. The van der Waals surface area contributed by atoms with Crippen molar-refractivity contribution < 1.29 is 0 Å². The van der Waals surface area contributed by atoms with Gasteiger partial charge in [0.2, 0.25) is 0 Å². The van der Waals surface area contributed by atoms with Crippen LogP contribution >= 0.6 is 0 Å². The van der Waals surface area contributed by atoms with Crippen molar-refractivity contribution in [1.29, 1.82) is 0 Å². The standard InChI is InChI=1S/C56H45N/c1-54(2,3)49-34-39(35-50-52(49)43-23-12-16-27-47(43)56(50)45-25-14-9-20-40(45)41-21-10-15-26-46(41)56)57(38-32-30-37(31-33-38)36-18-7-6-8-19-36)51-29-17-28-48-53(51)42-22-11-13-24-44(42)55(48,4)5/h6-35H,1-5H3. The third kappa shape index (κ3) is 4.63. The van der Waals surface area contributed by atoms with Crippen molar-refractivity contribution in [3.05, 3.63) is 221 Å². The molecule has 8 aromatic carbocycles. The van der Waals surface area contributed by atoms with Crippen molar-refractivity contribution in [2.45, 2.75) is 50.9 Å². The molecule has 0 N–H and O–H groups in total. The predicted molar refractivity (Wildman–Crippen MR) is 239 cm³/mol. The summed E-state index contributed by atoms with van der Waals surface area (Å²) in [5.74, 6) is 0. The number of hydrogen-bond acceptors (Lipinski definition) is 1. The van der Waals surface area contributed by atoms with E-state index in [0.717, 1.165) is 5.69 Å². The predicted octanol–water partition coefficient (Wildman–Crippen LogP) is 14.8. The van der Waals surface area contributed by atoms with E-state index < -0.39 is 5.41 Å². The smallest absolute Gasteiger partial charge is 0.0726 e. The maximum absolute atomic E-state index is 2.56. The number of nitrogens with zero attached hydrogens (tertiary/aromatic N) is 1. The van der Waals surface area contributed by atoms with Gasteiger partial charge in [-0.25, -0.2) is 0 Å². The lowest BCUT2D eigenvalue weighted by atomic mass is 9.70. The summed E-state index contributed by atoms with van der Waals surface area (Å²) in [5, 5.41) is 0. The molecule has 0 bridgehead atoms. The molecule has 1 spiro atoms. The first kappa shape index (κ1) is 33.9. The van der Waals surface area contributed by atoms with Crippen LogP contribution < -0.4 is 4.90 Å². The zero-order valence-corrected chi connectivity index (χ0v) is 33.3. The molecule has 0 amide bonds. The fourth-order valence-electron chi connectivity index (χ4n) is 10.7. The molecule has 0 radical (unpaired) electrons. The third-order valence-corrected chi connectivity index (χ3v) is 13.2. The van der Waals surface area contributed by atoms with Crippen LogP contribution in [0, 0.1) is 0 Å². The Morgan fingerprint density at radius 1 is 0.386 bits per heavy atom. The SMILES string of the molecule is CC(C)(C)c1cc(N(c2ccc(-c3ccccc3)cc2)c2cccc3c2-c2ccccc2C3(C)C)cc2c1-c1ccccc1C21c2ccccc2-c2ccccc21. The summed E-state index contributed by atoms with van der Waals surface area (Å²) < 4.78 is 0. The topological polar surface area (TPSA) is 3.24 Å². The zero-order chi connectivity index (χ0) is 38.7. The van der Waals surface area contributed by atoms with Gasteiger partial charge in [-0.1, -0.05) is 186 Å². The number of rotatable bonds is 4. The lowest BCUT2D eigenvalue weighted by molar-refractivity contribution is 0.591. The van der Waals surface area contributed by atoms with E-state index in [1.165, 1.54) is 94.8 Å². The van der Waals surface area contributed by atoms with Crippen molar-refractivity contribution >= 4 is 17.1 Å². The summed E-state index contributed by atoms with van der Waals surface area (Å²) in [7, 11) is 0. The highest BCUT2D eigenvalue weighted by molar-refractivity contribution is 6.00. The van der Waals surface area contributed by atoms with Gasteiger partial charge in [0.05, 0.1) is 11.1 Å². The van der Waals surface area contributed by atoms with Gasteiger partial charge in [-0.05, 0) is 114 Å². The summed E-state index contributed by atoms with van der Waals surface area (Å²) in [4.78, 5) is 2.56. The molecule has 0 unspecified atom stereocenters. The highest BCUT2D eigenvalue weighted by Crippen LogP contribution is 2.65. The number of anilines is 3. The molecule has 274 valence electrons. The van der Waals surface area contributed by atoms with Gasteiger partial charge in [-0.2, -0.15) is 0 Å². The van der Waals surface area contributed by atoms with Crippen molar-refractivity contribution in [2.75, 3.05) is 4.90 Å². The minimum Gasteiger partial charge on any atom is -0.310 e. The van der Waals surface area contributed by atoms with E-state index >= 15 is 0 Å². The van der Waals surface area contributed by atoms with Gasteiger partial charge in [0.15, 0.2) is 0 Å². The highest BCUT2D eigenvalue weighted by atomic mass is 15.1. The maximum Gasteiger partial charge on any atom is 0.0726 e. The third-order valence-electron chi connectivity index (χ3n) is 13.2. The molecule has 0 aliphatic heterocycles. The highest BCUT2D eigenvalue weighted by Gasteiger charge is 2.53. The minimum absolute atomic E-state index is 0.123. The van der Waals surface area contributed by atoms with E-state index in [2.05, 4.69) is 222 Å². The maximum atomic E-state index is 2.56. The van der Waals surface area contributed by atoms with Crippen molar-refractivity contribution in [1.82, 2.24) is 0 Å². The van der Waals surface area contributed by atoms with Gasteiger partial charge in [-0.15, -0.1) is 0 Å². The number of hydrogen-bond donors (Lipinski definition) is 0. The largest absolute Gasteiger partial charge is 0.310 e. The molecule has 0 aromatic heterocycles. The Morgan fingerprint density at radius 2 is 0.877 bits per heavy atom. The van der Waals surface area contributed by atoms with Crippen LogP contribution in [0.1, 0.15) is 73.6 Å². The van der Waals surface area contributed by atoms with Crippen molar-refractivity contribution in [3.63, 3.8) is 0 Å². The lowest BCUT2D eigenvalue weighted by Gasteiger charge is -2.35. The molecule has 1 nitrogen and oxygen atoms in total. The summed E-state index contributed by atoms with van der Waals surface area (Å²) in [5.41, 5.74) is 22.8. The second-order valence-corrected chi connectivity index (χ2v) is 17.7. The molecule has 57 heavy (non-hydrogen) atoms. The molecule has 3 aliphatic rings. The van der Waals surface area contributed by atoms with E-state index in [9.17, 15) is 0 Å². The molecule has 3 aliphatic carbocycles. The Morgan fingerprint density at radius 3 is 1.49 bits per heavy atom. The van der Waals surface area contributed by atoms with Crippen LogP contribution in [0.2, 0.25) is 0 Å². The summed E-state index contributed by atoms with van der Waals surface area (Å²) >= 11 is 0. The Labute approximate surface area is 336 Å². The lowest BCUT2D eigenvalue weighted by Crippen LogP contribution is -2.27. The Bertz CT molecular complexity index is 2860. The van der Waals surface area contributed by atoms with Crippen molar-refractivity contribution in [2.24, 2.45) is 0 Å². The molecular formula is C56H45N. The first-order valence-electron chi connectivity index (χ1n) is 20.4. The summed E-state index contributed by atoms with van der Waals surface area (Å²) in [6, 6.07) is 68.5. The van der Waals surface area contributed by atoms with Crippen LogP contribution in [-0.2, 0) is 16.2 Å². The molecule has 0 heterocycles. The van der Waals surface area contributed by atoms with E-state index in [0.29, 0.717) is 0 Å². The monoisotopic (exact) mass is 731 g/mol. The van der Waals surface area contributed by atoms with Crippen LogP contribution in [0.5, 0.6) is 0 Å². The fraction of sp³-hybridized carbons (Fsp3) is 0.143. The Kier molecular flexibility index (Phi) is 7.15. The van der Waals surface area contributed by atoms with Crippen LogP contribution in [0.3, 0.4) is 0 Å². The van der Waals surface area contributed by atoms with Crippen LogP contribution in [-0.4, -0.2) is 0 Å². The summed E-state index contributed by atoms with van der Waals surface area (Å²) in [6.45, 7) is 11.9. The molecule has 0 atom stereocenters. The number of benzene rings is 8. The van der Waals surface area contributed by atoms with E-state index in [1.807, 2.05) is 0 Å². The quantitative estimate of drug-likeness (QED) is 0.174. The average Bonchev–Trinajstić information content (AvgIpc) is 3.80. The van der Waals surface area contributed by atoms with Crippen LogP contribution in [0.15, 0.2) is 182 Å². The molecule has 1 heteroatoms. The van der Waals surface area contributed by atoms with E-state index in [1.54, 1.807) is 0 Å². The molecule has 8 aromatic rings. The molecule has 0 fully saturated rings. The van der Waals surface area contributed by atoms with Gasteiger partial charge in [-0.3, -0.25) is 0 Å². The van der Waals surface area contributed by atoms with E-state index in [-0.39, 0.29) is 10.8 Å². The zero-order valence-electron chi connectivity index (χ0n) is 33.3. The Hall–Kier alpha value is -6.44. The fourth-order valence-corrected chi connectivity index (χ4v) is 10.7. The van der Waals surface area contributed by atoms with Crippen LogP contribution in [0.25, 0.3) is 44.5 Å². The summed E-state index contributed by atoms with van der Waals surface area (Å²) in [6.07, 6.45) is 0. The minimum atomic E-state index is -0.453. The first-order chi connectivity index (χ1) is 27.7. The average molecular weight is 732 g/mol. The van der Waals surface area contributed by atoms with Gasteiger partial charge in [0.25, 0.3) is 0 Å².